The van der Waals surface area contributed by atoms with Gasteiger partial charge in [0.15, 0.2) is 0 Å². The predicted molar refractivity (Wildman–Crippen MR) is 197 cm³/mol. The summed E-state index contributed by atoms with van der Waals surface area (Å²) in [5, 5.41) is 19.3. The number of hydrogen-bond donors (Lipinski definition) is 4. The molecule has 2 aliphatic heterocycles. The van der Waals surface area contributed by atoms with Gasteiger partial charge in [0.05, 0.1) is 19.4 Å². The molecule has 1 fully saturated rings. The molecule has 15 nitrogen and oxygen atoms in total. The van der Waals surface area contributed by atoms with Gasteiger partial charge in [-0.1, -0.05) is 17.4 Å². The van der Waals surface area contributed by atoms with Crippen molar-refractivity contribution in [2.24, 2.45) is 5.92 Å². The smallest absolute Gasteiger partial charge is 0.414 e. The molecule has 4 bridgehead atoms. The molecule has 0 saturated carbocycles. The van der Waals surface area contributed by atoms with Gasteiger partial charge in [-0.2, -0.15) is 0 Å². The lowest BCUT2D eigenvalue weighted by Crippen LogP contribution is -2.55. The highest BCUT2D eigenvalue weighted by molar-refractivity contribution is 7.15. The van der Waals surface area contributed by atoms with Crippen molar-refractivity contribution in [3.05, 3.63) is 64.4 Å². The fraction of sp³-hybridized carbons (Fsp3) is 0.514. The summed E-state index contributed by atoms with van der Waals surface area (Å²) in [5.74, 6) is -1.01. The molecule has 0 radical (unpaired) electrons. The molecule has 4 N–H and O–H groups in total. The lowest BCUT2D eigenvalue weighted by Gasteiger charge is -2.34. The minimum absolute atomic E-state index is 0.140. The molecule has 0 spiro atoms. The number of pyridine rings is 1. The Balaban J connectivity index is 1.35. The highest BCUT2D eigenvalue weighted by atomic mass is 32.1. The van der Waals surface area contributed by atoms with Crippen LogP contribution in [-0.4, -0.2) is 87.2 Å². The molecular weight excluding hydrogens is 701 g/mol. The number of nitrogens with one attached hydrogen (secondary N) is 4. The maximum Gasteiger partial charge on any atom is 0.414 e. The molecule has 3 atom stereocenters. The number of piperidine rings is 1. The number of anilines is 1. The van der Waals surface area contributed by atoms with E-state index in [4.69, 9.17) is 9.47 Å². The minimum Gasteiger partial charge on any atom is -0.494 e. The van der Waals surface area contributed by atoms with E-state index in [1.807, 2.05) is 37.3 Å². The molecule has 0 aliphatic carbocycles. The van der Waals surface area contributed by atoms with Gasteiger partial charge in [-0.3, -0.25) is 29.5 Å². The maximum absolute atomic E-state index is 14.0. The van der Waals surface area contributed by atoms with E-state index in [0.29, 0.717) is 31.9 Å². The number of hydrogen-bond acceptors (Lipinski definition) is 11. The Morgan fingerprint density at radius 1 is 1.08 bits per heavy atom. The van der Waals surface area contributed by atoms with Crippen molar-refractivity contribution in [2.45, 2.75) is 96.9 Å². The standard InChI is InChI=1S/C37H48N8O7S/c1-23-7-9-27-18-26(23)21-39-33(48)28(10-8-24-11-14-38-15-12-24)41-34(49)29(19-32(47)45-16-5-6-25(22-45)13-17-51-27)40-30(46)20-31-43-44-35(53-31)42-36(50)52-37(2,3)4/h7,9,11-12,14-15,18,25,28-29H,5-6,8,10,13,16-17,19-22H2,1-4H3,(H,39,48)(H,40,46)(H,41,49)(H,42,44,50)/t25?,28?,29-/m0/s1. The lowest BCUT2D eigenvalue weighted by molar-refractivity contribution is -0.138. The summed E-state index contributed by atoms with van der Waals surface area (Å²) in [6, 6.07) is 7.20. The predicted octanol–water partition coefficient (Wildman–Crippen LogP) is 3.46. The first-order valence-electron chi connectivity index (χ1n) is 17.9. The van der Waals surface area contributed by atoms with Crippen molar-refractivity contribution >= 4 is 46.2 Å². The Hall–Kier alpha value is -5.12. The Morgan fingerprint density at radius 3 is 2.64 bits per heavy atom. The molecule has 2 aliphatic rings. The van der Waals surface area contributed by atoms with E-state index in [1.165, 1.54) is 0 Å². The highest BCUT2D eigenvalue weighted by Crippen LogP contribution is 2.23. The second kappa shape index (κ2) is 18.1. The van der Waals surface area contributed by atoms with Crippen molar-refractivity contribution in [1.29, 1.82) is 0 Å². The minimum atomic E-state index is -1.28. The summed E-state index contributed by atoms with van der Waals surface area (Å²) in [6.07, 6.45) is 5.26. The van der Waals surface area contributed by atoms with E-state index < -0.39 is 41.5 Å². The molecule has 3 aromatic rings. The number of benzene rings is 1. The number of amides is 5. The number of nitrogens with zero attached hydrogens (tertiary/aromatic N) is 4. The van der Waals surface area contributed by atoms with Gasteiger partial charge in [0.2, 0.25) is 28.8 Å². The van der Waals surface area contributed by atoms with Crippen LogP contribution < -0.4 is 26.0 Å². The number of carbonyl (C=O) groups excluding carboxylic acids is 5. The van der Waals surface area contributed by atoms with Crippen molar-refractivity contribution < 1.29 is 33.4 Å². The van der Waals surface area contributed by atoms with E-state index in [9.17, 15) is 24.0 Å². The van der Waals surface area contributed by atoms with Crippen LogP contribution in [0, 0.1) is 12.8 Å². The van der Waals surface area contributed by atoms with Gasteiger partial charge in [-0.05, 0) is 107 Å². The number of rotatable bonds is 7. The first-order chi connectivity index (χ1) is 25.3. The maximum atomic E-state index is 14.0. The third kappa shape index (κ3) is 12.2. The summed E-state index contributed by atoms with van der Waals surface area (Å²) in [4.78, 5) is 72.8. The lowest BCUT2D eigenvalue weighted by atomic mass is 9.94. The van der Waals surface area contributed by atoms with Crippen LogP contribution in [0.1, 0.15) is 74.6 Å². The van der Waals surface area contributed by atoms with Crippen molar-refractivity contribution in [1.82, 2.24) is 36.0 Å². The van der Waals surface area contributed by atoms with E-state index in [0.717, 1.165) is 47.3 Å². The average Bonchev–Trinajstić information content (AvgIpc) is 3.54. The number of fused-ring (bicyclic) bond motifs is 4. The van der Waals surface area contributed by atoms with Crippen molar-refractivity contribution in [2.75, 3.05) is 25.0 Å². The van der Waals surface area contributed by atoms with E-state index in [-0.39, 0.29) is 47.8 Å². The molecule has 5 amide bonds. The van der Waals surface area contributed by atoms with E-state index in [1.54, 1.807) is 38.1 Å². The van der Waals surface area contributed by atoms with Gasteiger partial charge in [0.1, 0.15) is 28.4 Å². The zero-order chi connectivity index (χ0) is 38.0. The van der Waals surface area contributed by atoms with Gasteiger partial charge in [0.25, 0.3) is 0 Å². The molecule has 53 heavy (non-hydrogen) atoms. The third-order valence-electron chi connectivity index (χ3n) is 8.96. The fourth-order valence-electron chi connectivity index (χ4n) is 6.17. The van der Waals surface area contributed by atoms with Crippen LogP contribution in [0.4, 0.5) is 9.93 Å². The molecule has 2 unspecified atom stereocenters. The first kappa shape index (κ1) is 39.1. The topological polar surface area (TPSA) is 194 Å². The van der Waals surface area contributed by atoms with Crippen LogP contribution in [0.3, 0.4) is 0 Å². The van der Waals surface area contributed by atoms with Crippen LogP contribution in [-0.2, 0) is 43.3 Å². The molecule has 284 valence electrons. The van der Waals surface area contributed by atoms with Crippen molar-refractivity contribution in [3.8, 4) is 5.75 Å². The SMILES string of the molecule is Cc1ccc2cc1CNC(=O)C(CCc1ccncc1)NC(=O)[C@@H](NC(=O)Cc1nnc(NC(=O)OC(C)(C)C)s1)CC(=O)N1CCCC(CCO2)C1. The largest absolute Gasteiger partial charge is 0.494 e. The summed E-state index contributed by atoms with van der Waals surface area (Å²) in [7, 11) is 0. The third-order valence-corrected chi connectivity index (χ3v) is 9.80. The summed E-state index contributed by atoms with van der Waals surface area (Å²) >= 11 is 0.982. The fourth-order valence-corrected chi connectivity index (χ4v) is 6.89. The summed E-state index contributed by atoms with van der Waals surface area (Å²) in [5.41, 5.74) is 2.08. The second-order valence-electron chi connectivity index (χ2n) is 14.4. The van der Waals surface area contributed by atoms with Gasteiger partial charge in [-0.25, -0.2) is 4.79 Å². The Morgan fingerprint density at radius 2 is 1.87 bits per heavy atom. The Kier molecular flexibility index (Phi) is 13.3. The molecule has 5 rings (SSSR count). The quantitative estimate of drug-likeness (QED) is 0.278. The van der Waals surface area contributed by atoms with Gasteiger partial charge in [-0.15, -0.1) is 10.2 Å². The van der Waals surface area contributed by atoms with Crippen LogP contribution >= 0.6 is 11.3 Å². The number of carbonyl (C=O) groups is 5. The zero-order valence-corrected chi connectivity index (χ0v) is 31.4. The molecule has 1 aromatic carbocycles. The monoisotopic (exact) mass is 748 g/mol. The van der Waals surface area contributed by atoms with Gasteiger partial charge in [0, 0.05) is 32.0 Å². The second-order valence-corrected chi connectivity index (χ2v) is 15.4. The van der Waals surface area contributed by atoms with Crippen LogP contribution in [0.2, 0.25) is 0 Å². The Bertz CT molecular complexity index is 1760. The van der Waals surface area contributed by atoms with E-state index >= 15 is 0 Å². The molecular formula is C37H48N8O7S. The van der Waals surface area contributed by atoms with Crippen LogP contribution in [0.15, 0.2) is 42.7 Å². The molecule has 16 heteroatoms. The molecule has 4 heterocycles. The van der Waals surface area contributed by atoms with Crippen molar-refractivity contribution in [3.63, 3.8) is 0 Å². The zero-order valence-electron chi connectivity index (χ0n) is 30.6. The summed E-state index contributed by atoms with van der Waals surface area (Å²) < 4.78 is 11.3. The van der Waals surface area contributed by atoms with Gasteiger partial charge < -0.3 is 30.3 Å². The Labute approximate surface area is 313 Å². The normalized spacial score (nSPS) is 20.2. The number of ether oxygens (including phenoxy) is 2. The van der Waals surface area contributed by atoms with Gasteiger partial charge >= 0.3 is 6.09 Å². The summed E-state index contributed by atoms with van der Waals surface area (Å²) in [6.45, 7) is 8.88. The number of aryl methyl sites for hydroxylation is 2. The molecule has 2 aromatic heterocycles. The molecule has 1 saturated heterocycles. The first-order valence-corrected chi connectivity index (χ1v) is 18.7. The van der Waals surface area contributed by atoms with Crippen LogP contribution in [0.25, 0.3) is 0 Å². The number of aromatic nitrogens is 3. The average molecular weight is 749 g/mol. The highest BCUT2D eigenvalue weighted by Gasteiger charge is 2.32. The van der Waals surface area contributed by atoms with E-state index in [2.05, 4.69) is 36.4 Å². The van der Waals surface area contributed by atoms with Crippen LogP contribution in [0.5, 0.6) is 5.75 Å².